The van der Waals surface area contributed by atoms with Crippen molar-refractivity contribution in [3.05, 3.63) is 56.5 Å². The maximum Gasteiger partial charge on any atom is 0.265 e. The first-order valence-corrected chi connectivity index (χ1v) is 8.72. The van der Waals surface area contributed by atoms with Crippen LogP contribution in [0.5, 0.6) is 0 Å². The van der Waals surface area contributed by atoms with Crippen LogP contribution >= 0.6 is 31.9 Å². The van der Waals surface area contributed by atoms with Crippen molar-refractivity contribution in [2.24, 2.45) is 0 Å². The second kappa shape index (κ2) is 6.02. The average Bonchev–Trinajstić information content (AvgIpc) is 2.33. The number of aryl methyl sites for hydroxylation is 1. The molecular formula is C13H9Br2F2NO2S. The molecule has 0 aromatic heterocycles. The van der Waals surface area contributed by atoms with Crippen molar-refractivity contribution in [2.45, 2.75) is 11.8 Å². The topological polar surface area (TPSA) is 46.2 Å². The molecule has 0 fully saturated rings. The minimum atomic E-state index is -4.20. The van der Waals surface area contributed by atoms with Crippen LogP contribution in [-0.2, 0) is 10.0 Å². The predicted octanol–water partition coefficient (Wildman–Crippen LogP) is 4.60. The standard InChI is InChI=1S/C13H9Br2F2NO2S/c1-7-3-2-4-11(12(7)15)18-21(19,20)13-9(14)5-8(16)6-10(13)17/h2-6,18H,1H3. The molecular weight excluding hydrogens is 432 g/mol. The van der Waals surface area contributed by atoms with Gasteiger partial charge in [-0.3, -0.25) is 4.72 Å². The van der Waals surface area contributed by atoms with Crippen molar-refractivity contribution in [2.75, 3.05) is 4.72 Å². The van der Waals surface area contributed by atoms with E-state index in [2.05, 4.69) is 36.6 Å². The lowest BCUT2D eigenvalue weighted by Crippen LogP contribution is -2.16. The molecule has 2 rings (SSSR count). The Balaban J connectivity index is 2.51. The van der Waals surface area contributed by atoms with Crippen molar-refractivity contribution in [3.63, 3.8) is 0 Å². The average molecular weight is 441 g/mol. The summed E-state index contributed by atoms with van der Waals surface area (Å²) in [4.78, 5) is -0.641. The summed E-state index contributed by atoms with van der Waals surface area (Å²) in [5, 5.41) is 0. The molecule has 0 saturated carbocycles. The van der Waals surface area contributed by atoms with Gasteiger partial charge in [-0.2, -0.15) is 0 Å². The van der Waals surface area contributed by atoms with Crippen molar-refractivity contribution in [1.82, 2.24) is 0 Å². The quantitative estimate of drug-likeness (QED) is 0.758. The van der Waals surface area contributed by atoms with Crippen LogP contribution in [-0.4, -0.2) is 8.42 Å². The number of rotatable bonds is 3. The van der Waals surface area contributed by atoms with E-state index < -0.39 is 26.6 Å². The van der Waals surface area contributed by atoms with Crippen LogP contribution in [0.3, 0.4) is 0 Å². The van der Waals surface area contributed by atoms with E-state index in [1.165, 1.54) is 6.07 Å². The number of nitrogens with one attached hydrogen (secondary N) is 1. The molecule has 0 aliphatic carbocycles. The van der Waals surface area contributed by atoms with E-state index in [0.29, 0.717) is 10.5 Å². The molecule has 0 atom stereocenters. The fourth-order valence-corrected chi connectivity index (χ4v) is 4.44. The maximum absolute atomic E-state index is 13.8. The van der Waals surface area contributed by atoms with Crippen molar-refractivity contribution < 1.29 is 17.2 Å². The first kappa shape index (κ1) is 16.4. The molecule has 0 amide bonds. The Labute approximate surface area is 137 Å². The van der Waals surface area contributed by atoms with Crippen LogP contribution in [0.1, 0.15) is 5.56 Å². The van der Waals surface area contributed by atoms with Crippen LogP contribution in [0.2, 0.25) is 0 Å². The highest BCUT2D eigenvalue weighted by Gasteiger charge is 2.24. The second-order valence-electron chi connectivity index (χ2n) is 4.24. The lowest BCUT2D eigenvalue weighted by Gasteiger charge is -2.13. The minimum absolute atomic E-state index is 0.184. The van der Waals surface area contributed by atoms with Crippen LogP contribution < -0.4 is 4.72 Å². The zero-order valence-electron chi connectivity index (χ0n) is 10.6. The summed E-state index contributed by atoms with van der Waals surface area (Å²) < 4.78 is 54.1. The van der Waals surface area contributed by atoms with E-state index in [-0.39, 0.29) is 10.2 Å². The molecule has 0 unspecified atom stereocenters. The third-order valence-electron chi connectivity index (χ3n) is 2.67. The molecule has 1 N–H and O–H groups in total. The second-order valence-corrected chi connectivity index (χ2v) is 7.51. The van der Waals surface area contributed by atoms with Crippen molar-refractivity contribution in [3.8, 4) is 0 Å². The van der Waals surface area contributed by atoms with Gasteiger partial charge in [0.2, 0.25) is 0 Å². The van der Waals surface area contributed by atoms with E-state index in [9.17, 15) is 17.2 Å². The molecule has 0 spiro atoms. The number of hydrogen-bond donors (Lipinski definition) is 1. The Morgan fingerprint density at radius 3 is 2.43 bits per heavy atom. The molecule has 2 aromatic rings. The summed E-state index contributed by atoms with van der Waals surface area (Å²) in [5.41, 5.74) is 1.08. The van der Waals surface area contributed by atoms with E-state index >= 15 is 0 Å². The van der Waals surface area contributed by atoms with E-state index in [1.54, 1.807) is 19.1 Å². The van der Waals surface area contributed by atoms with E-state index in [1.807, 2.05) is 0 Å². The van der Waals surface area contributed by atoms with Gasteiger partial charge in [-0.05, 0) is 56.5 Å². The highest BCUT2D eigenvalue weighted by atomic mass is 79.9. The Morgan fingerprint density at radius 1 is 1.14 bits per heavy atom. The highest BCUT2D eigenvalue weighted by molar-refractivity contribution is 9.11. The lowest BCUT2D eigenvalue weighted by atomic mass is 10.2. The predicted molar refractivity (Wildman–Crippen MR) is 83.7 cm³/mol. The molecule has 0 aliphatic rings. The lowest BCUT2D eigenvalue weighted by molar-refractivity contribution is 0.548. The summed E-state index contributed by atoms with van der Waals surface area (Å²) in [7, 11) is -4.20. The van der Waals surface area contributed by atoms with Crippen LogP contribution in [0.4, 0.5) is 14.5 Å². The van der Waals surface area contributed by atoms with Gasteiger partial charge in [0.15, 0.2) is 0 Å². The summed E-state index contributed by atoms with van der Waals surface area (Å²) >= 11 is 6.13. The summed E-state index contributed by atoms with van der Waals surface area (Å²) in [6.07, 6.45) is 0. The molecule has 112 valence electrons. The van der Waals surface area contributed by atoms with Gasteiger partial charge in [0.1, 0.15) is 16.5 Å². The Kier molecular flexibility index (Phi) is 4.69. The summed E-state index contributed by atoms with van der Waals surface area (Å²) in [6, 6.07) is 6.39. The number of halogens is 4. The SMILES string of the molecule is Cc1cccc(NS(=O)(=O)c2c(F)cc(F)cc2Br)c1Br. The largest absolute Gasteiger partial charge is 0.278 e. The molecule has 0 radical (unpaired) electrons. The number of hydrogen-bond acceptors (Lipinski definition) is 2. The third-order valence-corrected chi connectivity index (χ3v) is 6.05. The number of anilines is 1. The zero-order valence-corrected chi connectivity index (χ0v) is 14.6. The third kappa shape index (κ3) is 3.44. The monoisotopic (exact) mass is 439 g/mol. The first-order chi connectivity index (χ1) is 9.72. The molecule has 2 aromatic carbocycles. The summed E-state index contributed by atoms with van der Waals surface area (Å²) in [5.74, 6) is -2.03. The first-order valence-electron chi connectivity index (χ1n) is 5.65. The van der Waals surface area contributed by atoms with Crippen molar-refractivity contribution in [1.29, 1.82) is 0 Å². The molecule has 8 heteroatoms. The summed E-state index contributed by atoms with van der Waals surface area (Å²) in [6.45, 7) is 1.79. The Hall–Kier alpha value is -0.990. The van der Waals surface area contributed by atoms with Gasteiger partial charge in [0, 0.05) is 15.0 Å². The van der Waals surface area contributed by atoms with E-state index in [0.717, 1.165) is 11.6 Å². The molecule has 0 bridgehead atoms. The van der Waals surface area contributed by atoms with Gasteiger partial charge >= 0.3 is 0 Å². The van der Waals surface area contributed by atoms with Gasteiger partial charge < -0.3 is 0 Å². The normalized spacial score (nSPS) is 11.5. The fourth-order valence-electron chi connectivity index (χ4n) is 1.71. The smallest absolute Gasteiger partial charge is 0.265 e. The molecule has 0 saturated heterocycles. The Morgan fingerprint density at radius 2 is 1.81 bits per heavy atom. The molecule has 0 aliphatic heterocycles. The van der Waals surface area contributed by atoms with Gasteiger partial charge in [-0.25, -0.2) is 17.2 Å². The molecule has 3 nitrogen and oxygen atoms in total. The van der Waals surface area contributed by atoms with Gasteiger partial charge in [-0.1, -0.05) is 12.1 Å². The highest BCUT2D eigenvalue weighted by Crippen LogP contribution is 2.31. The molecule has 0 heterocycles. The van der Waals surface area contributed by atoms with Crippen LogP contribution in [0, 0.1) is 18.6 Å². The van der Waals surface area contributed by atoms with Crippen LogP contribution in [0.15, 0.2) is 44.2 Å². The van der Waals surface area contributed by atoms with Gasteiger partial charge in [0.05, 0.1) is 5.69 Å². The number of benzene rings is 2. The maximum atomic E-state index is 13.8. The minimum Gasteiger partial charge on any atom is -0.278 e. The van der Waals surface area contributed by atoms with Gasteiger partial charge in [0.25, 0.3) is 10.0 Å². The van der Waals surface area contributed by atoms with Gasteiger partial charge in [-0.15, -0.1) is 0 Å². The van der Waals surface area contributed by atoms with Crippen LogP contribution in [0.25, 0.3) is 0 Å². The zero-order chi connectivity index (χ0) is 15.8. The number of sulfonamides is 1. The fraction of sp³-hybridized carbons (Fsp3) is 0.0769. The van der Waals surface area contributed by atoms with Crippen molar-refractivity contribution >= 4 is 47.6 Å². The van der Waals surface area contributed by atoms with E-state index in [4.69, 9.17) is 0 Å². The Bertz CT molecular complexity index is 787. The molecule has 21 heavy (non-hydrogen) atoms.